The lowest BCUT2D eigenvalue weighted by molar-refractivity contribution is -0.115. The van der Waals surface area contributed by atoms with Gasteiger partial charge in [-0.05, 0) is 41.3 Å². The SMILES string of the molecule is CC(C)c1ccccc1Oc1ccc(/C=C2\SC(=S)NC2=O)cc1. The van der Waals surface area contributed by atoms with Crippen LogP contribution in [-0.2, 0) is 4.79 Å². The third-order valence-corrected chi connectivity index (χ3v) is 4.75. The number of carbonyl (C=O) groups excluding carboxylic acids is 1. The lowest BCUT2D eigenvalue weighted by Crippen LogP contribution is -2.17. The first-order chi connectivity index (χ1) is 11.5. The highest BCUT2D eigenvalue weighted by Gasteiger charge is 2.21. The van der Waals surface area contributed by atoms with Crippen molar-refractivity contribution in [2.75, 3.05) is 0 Å². The van der Waals surface area contributed by atoms with Crippen molar-refractivity contribution in [1.82, 2.24) is 5.32 Å². The first-order valence-corrected chi connectivity index (χ1v) is 8.87. The van der Waals surface area contributed by atoms with Crippen molar-refractivity contribution in [3.8, 4) is 11.5 Å². The van der Waals surface area contributed by atoms with Crippen molar-refractivity contribution in [1.29, 1.82) is 0 Å². The molecule has 1 N–H and O–H groups in total. The fraction of sp³-hybridized carbons (Fsp3) is 0.158. The maximum atomic E-state index is 11.7. The molecule has 1 heterocycles. The maximum Gasteiger partial charge on any atom is 0.263 e. The van der Waals surface area contributed by atoms with Crippen LogP contribution in [0.3, 0.4) is 0 Å². The fourth-order valence-electron chi connectivity index (χ4n) is 2.38. The van der Waals surface area contributed by atoms with Crippen molar-refractivity contribution >= 4 is 40.3 Å². The summed E-state index contributed by atoms with van der Waals surface area (Å²) in [6.07, 6.45) is 1.82. The number of thioether (sulfide) groups is 1. The molecule has 5 heteroatoms. The van der Waals surface area contributed by atoms with E-state index in [0.717, 1.165) is 17.1 Å². The topological polar surface area (TPSA) is 38.3 Å². The van der Waals surface area contributed by atoms with E-state index in [1.807, 2.05) is 48.5 Å². The highest BCUT2D eigenvalue weighted by atomic mass is 32.2. The molecule has 1 amide bonds. The maximum absolute atomic E-state index is 11.7. The Balaban J connectivity index is 1.77. The number of nitrogens with one attached hydrogen (secondary N) is 1. The summed E-state index contributed by atoms with van der Waals surface area (Å²) in [5.74, 6) is 1.89. The molecule has 0 spiro atoms. The molecule has 1 fully saturated rings. The average Bonchev–Trinajstić information content (AvgIpc) is 2.87. The smallest absolute Gasteiger partial charge is 0.263 e. The van der Waals surface area contributed by atoms with E-state index in [1.165, 1.54) is 17.3 Å². The van der Waals surface area contributed by atoms with Gasteiger partial charge in [0.2, 0.25) is 0 Å². The summed E-state index contributed by atoms with van der Waals surface area (Å²) in [6, 6.07) is 15.7. The lowest BCUT2D eigenvalue weighted by atomic mass is 10.0. The number of para-hydroxylation sites is 1. The number of ether oxygens (including phenoxy) is 1. The Hall–Kier alpha value is -2.11. The molecule has 1 saturated heterocycles. The number of thiocarbonyl (C=S) groups is 1. The van der Waals surface area contributed by atoms with Crippen LogP contribution >= 0.6 is 24.0 Å². The van der Waals surface area contributed by atoms with Crippen LogP contribution in [0.2, 0.25) is 0 Å². The summed E-state index contributed by atoms with van der Waals surface area (Å²) in [4.78, 5) is 12.3. The van der Waals surface area contributed by atoms with Gasteiger partial charge in [0.25, 0.3) is 5.91 Å². The first kappa shape index (κ1) is 16.7. The first-order valence-electron chi connectivity index (χ1n) is 7.64. The summed E-state index contributed by atoms with van der Waals surface area (Å²) in [6.45, 7) is 4.29. The van der Waals surface area contributed by atoms with Gasteiger partial charge in [0.05, 0.1) is 4.91 Å². The lowest BCUT2D eigenvalue weighted by Gasteiger charge is -2.13. The molecule has 1 aliphatic rings. The monoisotopic (exact) mass is 355 g/mol. The molecule has 0 saturated carbocycles. The normalized spacial score (nSPS) is 15.9. The van der Waals surface area contributed by atoms with Crippen LogP contribution in [0.4, 0.5) is 0 Å². The number of hydrogen-bond acceptors (Lipinski definition) is 4. The Morgan fingerprint density at radius 1 is 1.12 bits per heavy atom. The molecule has 3 rings (SSSR count). The molecule has 0 unspecified atom stereocenters. The van der Waals surface area contributed by atoms with Crippen LogP contribution < -0.4 is 10.1 Å². The molecule has 0 atom stereocenters. The van der Waals surface area contributed by atoms with Crippen molar-refractivity contribution < 1.29 is 9.53 Å². The average molecular weight is 355 g/mol. The van der Waals surface area contributed by atoms with E-state index in [9.17, 15) is 4.79 Å². The third kappa shape index (κ3) is 3.86. The summed E-state index contributed by atoms with van der Waals surface area (Å²) in [7, 11) is 0. The second-order valence-electron chi connectivity index (χ2n) is 5.72. The van der Waals surface area contributed by atoms with Crippen LogP contribution in [-0.4, -0.2) is 10.2 Å². The Morgan fingerprint density at radius 2 is 1.83 bits per heavy atom. The van der Waals surface area contributed by atoms with E-state index in [1.54, 1.807) is 0 Å². The second-order valence-corrected chi connectivity index (χ2v) is 7.43. The van der Waals surface area contributed by atoms with Gasteiger partial charge < -0.3 is 10.1 Å². The quantitative estimate of drug-likeness (QED) is 0.612. The van der Waals surface area contributed by atoms with Gasteiger partial charge in [-0.3, -0.25) is 4.79 Å². The molecule has 0 radical (unpaired) electrons. The zero-order valence-corrected chi connectivity index (χ0v) is 15.0. The Kier molecular flexibility index (Phi) is 5.02. The molecule has 2 aromatic carbocycles. The van der Waals surface area contributed by atoms with Gasteiger partial charge in [-0.25, -0.2) is 0 Å². The molecule has 0 bridgehead atoms. The van der Waals surface area contributed by atoms with E-state index in [4.69, 9.17) is 17.0 Å². The summed E-state index contributed by atoms with van der Waals surface area (Å²) in [5.41, 5.74) is 2.11. The second kappa shape index (κ2) is 7.20. The third-order valence-electron chi connectivity index (χ3n) is 3.59. The Labute approximate surface area is 151 Å². The zero-order chi connectivity index (χ0) is 17.1. The molecular weight excluding hydrogens is 338 g/mol. The minimum Gasteiger partial charge on any atom is -0.457 e. The number of hydrogen-bond donors (Lipinski definition) is 1. The highest BCUT2D eigenvalue weighted by molar-refractivity contribution is 8.26. The molecule has 0 aliphatic carbocycles. The van der Waals surface area contributed by atoms with Crippen LogP contribution in [0.5, 0.6) is 11.5 Å². The van der Waals surface area contributed by atoms with Crippen molar-refractivity contribution in [2.45, 2.75) is 19.8 Å². The zero-order valence-electron chi connectivity index (χ0n) is 13.4. The fourth-order valence-corrected chi connectivity index (χ4v) is 3.43. The van der Waals surface area contributed by atoms with Gasteiger partial charge >= 0.3 is 0 Å². The van der Waals surface area contributed by atoms with E-state index in [0.29, 0.717) is 15.1 Å². The molecule has 1 aliphatic heterocycles. The van der Waals surface area contributed by atoms with Gasteiger partial charge in [0, 0.05) is 0 Å². The molecular formula is C19H17NO2S2. The highest BCUT2D eigenvalue weighted by Crippen LogP contribution is 2.31. The minimum atomic E-state index is -0.142. The van der Waals surface area contributed by atoms with Crippen LogP contribution in [0, 0.1) is 0 Å². The largest absolute Gasteiger partial charge is 0.457 e. The number of carbonyl (C=O) groups is 1. The summed E-state index contributed by atoms with van der Waals surface area (Å²) < 4.78 is 6.50. The number of amides is 1. The van der Waals surface area contributed by atoms with E-state index in [-0.39, 0.29) is 5.91 Å². The van der Waals surface area contributed by atoms with E-state index >= 15 is 0 Å². The van der Waals surface area contributed by atoms with Crippen molar-refractivity contribution in [3.63, 3.8) is 0 Å². The standard InChI is InChI=1S/C19H17NO2S2/c1-12(2)15-5-3-4-6-16(15)22-14-9-7-13(8-10-14)11-17-18(21)20-19(23)24-17/h3-12H,1-2H3,(H,20,21,23)/b17-11-. The number of benzene rings is 2. The van der Waals surface area contributed by atoms with Gasteiger partial charge in [-0.2, -0.15) is 0 Å². The Morgan fingerprint density at radius 3 is 2.46 bits per heavy atom. The van der Waals surface area contributed by atoms with Crippen LogP contribution in [0.15, 0.2) is 53.4 Å². The summed E-state index contributed by atoms with van der Waals surface area (Å²) >= 11 is 6.27. The van der Waals surface area contributed by atoms with Gasteiger partial charge in [0.15, 0.2) is 0 Å². The van der Waals surface area contributed by atoms with E-state index in [2.05, 4.69) is 25.2 Å². The van der Waals surface area contributed by atoms with Crippen LogP contribution in [0.1, 0.15) is 30.9 Å². The molecule has 24 heavy (non-hydrogen) atoms. The predicted octanol–water partition coefficient (Wildman–Crippen LogP) is 5.09. The molecule has 2 aromatic rings. The number of rotatable bonds is 4. The Bertz CT molecular complexity index is 810. The van der Waals surface area contributed by atoms with Gasteiger partial charge in [-0.1, -0.05) is 68.2 Å². The van der Waals surface area contributed by atoms with Crippen molar-refractivity contribution in [2.24, 2.45) is 0 Å². The van der Waals surface area contributed by atoms with E-state index < -0.39 is 0 Å². The van der Waals surface area contributed by atoms with Crippen molar-refractivity contribution in [3.05, 3.63) is 64.6 Å². The molecule has 122 valence electrons. The van der Waals surface area contributed by atoms with Gasteiger partial charge in [0.1, 0.15) is 15.8 Å². The molecule has 0 aromatic heterocycles. The van der Waals surface area contributed by atoms with Gasteiger partial charge in [-0.15, -0.1) is 0 Å². The summed E-state index contributed by atoms with van der Waals surface area (Å²) in [5, 5.41) is 2.61. The minimum absolute atomic E-state index is 0.142. The molecule has 3 nitrogen and oxygen atoms in total. The predicted molar refractivity (Wildman–Crippen MR) is 103 cm³/mol. The van der Waals surface area contributed by atoms with Crippen LogP contribution in [0.25, 0.3) is 6.08 Å².